The van der Waals surface area contributed by atoms with Gasteiger partial charge in [0.1, 0.15) is 11.9 Å². The summed E-state index contributed by atoms with van der Waals surface area (Å²) in [5, 5.41) is 0. The first kappa shape index (κ1) is 12.7. The molecule has 3 nitrogen and oxygen atoms in total. The van der Waals surface area contributed by atoms with E-state index in [1.165, 1.54) is 0 Å². The average molecular weight is 204 g/mol. The molecular formula is C9H17O3P. The summed E-state index contributed by atoms with van der Waals surface area (Å²) < 4.78 is 21.9. The minimum atomic E-state index is -2.62. The molecule has 4 heteroatoms. The fraction of sp³-hybridized carbons (Fsp3) is 0.778. The van der Waals surface area contributed by atoms with E-state index < -0.39 is 13.0 Å². The third-order valence-electron chi connectivity index (χ3n) is 1.41. The number of rotatable bonds is 5. The molecule has 0 radical (unpaired) electrons. The van der Waals surface area contributed by atoms with Crippen LogP contribution in [0.15, 0.2) is 0 Å². The van der Waals surface area contributed by atoms with E-state index in [-0.39, 0.29) is 6.35 Å². The van der Waals surface area contributed by atoms with Gasteiger partial charge in [-0.05, 0) is 20.8 Å². The Morgan fingerprint density at radius 2 is 2.08 bits per heavy atom. The van der Waals surface area contributed by atoms with Gasteiger partial charge in [0.15, 0.2) is 0 Å². The first-order valence-corrected chi connectivity index (χ1v) is 6.41. The van der Waals surface area contributed by atoms with Crippen molar-refractivity contribution in [3.63, 3.8) is 0 Å². The average Bonchev–Trinajstić information content (AvgIpc) is 2.02. The van der Waals surface area contributed by atoms with Crippen molar-refractivity contribution in [2.45, 2.75) is 26.4 Å². The summed E-state index contributed by atoms with van der Waals surface area (Å²) in [4.78, 5) is 0. The van der Waals surface area contributed by atoms with E-state index >= 15 is 0 Å². The van der Waals surface area contributed by atoms with Crippen molar-refractivity contribution in [3.05, 3.63) is 0 Å². The van der Waals surface area contributed by atoms with Gasteiger partial charge in [-0.1, -0.05) is 5.92 Å². The highest BCUT2D eigenvalue weighted by Crippen LogP contribution is 2.42. The standard InChI is InChI=1S/C9H17O3P/c1-6-9(3,4)11-8-13(5,10)12-7-2/h1H,7-8H2,2-5H3. The van der Waals surface area contributed by atoms with Gasteiger partial charge >= 0.3 is 0 Å². The third kappa shape index (κ3) is 5.87. The predicted octanol–water partition coefficient (Wildman–Crippen LogP) is 2.32. The zero-order chi connectivity index (χ0) is 10.5. The van der Waals surface area contributed by atoms with Crippen molar-refractivity contribution in [1.29, 1.82) is 0 Å². The van der Waals surface area contributed by atoms with E-state index in [1.807, 2.05) is 0 Å². The largest absolute Gasteiger partial charge is 0.353 e. The molecule has 1 atom stereocenters. The number of hydrogen-bond donors (Lipinski definition) is 0. The molecule has 0 aromatic carbocycles. The van der Waals surface area contributed by atoms with Crippen LogP contribution >= 0.6 is 7.37 Å². The second kappa shape index (κ2) is 4.81. The van der Waals surface area contributed by atoms with E-state index in [1.54, 1.807) is 27.4 Å². The van der Waals surface area contributed by atoms with Crippen LogP contribution in [0.25, 0.3) is 0 Å². The number of ether oxygens (including phenoxy) is 1. The fourth-order valence-corrected chi connectivity index (χ4v) is 1.81. The first-order valence-electron chi connectivity index (χ1n) is 4.16. The van der Waals surface area contributed by atoms with Gasteiger partial charge in [-0.2, -0.15) is 0 Å². The highest BCUT2D eigenvalue weighted by molar-refractivity contribution is 7.57. The maximum Gasteiger partial charge on any atom is 0.225 e. The molecular weight excluding hydrogens is 187 g/mol. The van der Waals surface area contributed by atoms with Crippen LogP contribution in [0.5, 0.6) is 0 Å². The Kier molecular flexibility index (Phi) is 4.70. The summed E-state index contributed by atoms with van der Waals surface area (Å²) in [6.07, 6.45) is 5.27. The Balaban J connectivity index is 4.04. The molecule has 0 bridgehead atoms. The Morgan fingerprint density at radius 1 is 1.54 bits per heavy atom. The first-order chi connectivity index (χ1) is 5.83. The number of terminal acetylenes is 1. The molecule has 0 aromatic heterocycles. The minimum absolute atomic E-state index is 0.0675. The summed E-state index contributed by atoms with van der Waals surface area (Å²) in [7, 11) is -2.62. The van der Waals surface area contributed by atoms with Crippen LogP contribution in [-0.2, 0) is 13.8 Å². The van der Waals surface area contributed by atoms with Crippen LogP contribution in [-0.4, -0.2) is 25.2 Å². The van der Waals surface area contributed by atoms with Crippen LogP contribution in [0.3, 0.4) is 0 Å². The van der Waals surface area contributed by atoms with Gasteiger partial charge in [0.2, 0.25) is 7.37 Å². The summed E-state index contributed by atoms with van der Waals surface area (Å²) in [5.74, 6) is 2.46. The Hall–Kier alpha value is -0.290. The summed E-state index contributed by atoms with van der Waals surface area (Å²) in [6.45, 7) is 7.26. The molecule has 0 spiro atoms. The van der Waals surface area contributed by atoms with Crippen LogP contribution in [0.4, 0.5) is 0 Å². The molecule has 0 saturated heterocycles. The van der Waals surface area contributed by atoms with Gasteiger partial charge in [-0.15, -0.1) is 6.42 Å². The second-order valence-corrected chi connectivity index (χ2v) is 5.90. The SMILES string of the molecule is C#CC(C)(C)OCP(C)(=O)OCC. The van der Waals surface area contributed by atoms with E-state index in [4.69, 9.17) is 15.7 Å². The van der Waals surface area contributed by atoms with Crippen molar-refractivity contribution in [2.24, 2.45) is 0 Å². The zero-order valence-electron chi connectivity index (χ0n) is 8.66. The molecule has 0 amide bonds. The highest BCUT2D eigenvalue weighted by Gasteiger charge is 2.21. The lowest BCUT2D eigenvalue weighted by Crippen LogP contribution is -2.22. The highest BCUT2D eigenvalue weighted by atomic mass is 31.2. The fourth-order valence-electron chi connectivity index (χ4n) is 0.631. The van der Waals surface area contributed by atoms with Crippen LogP contribution in [0, 0.1) is 12.3 Å². The molecule has 0 rings (SSSR count). The minimum Gasteiger partial charge on any atom is -0.353 e. The molecule has 1 unspecified atom stereocenters. The normalized spacial score (nSPS) is 16.2. The topological polar surface area (TPSA) is 35.5 Å². The lowest BCUT2D eigenvalue weighted by atomic mass is 10.2. The van der Waals surface area contributed by atoms with Crippen molar-refractivity contribution >= 4 is 7.37 Å². The Labute approximate surface area is 80.3 Å². The Bertz CT molecular complexity index is 240. The molecule has 0 saturated carbocycles. The maximum absolute atomic E-state index is 11.6. The Morgan fingerprint density at radius 3 is 2.46 bits per heavy atom. The van der Waals surface area contributed by atoms with Crippen molar-refractivity contribution in [1.82, 2.24) is 0 Å². The van der Waals surface area contributed by atoms with Crippen LogP contribution in [0.2, 0.25) is 0 Å². The zero-order valence-corrected chi connectivity index (χ0v) is 9.56. The van der Waals surface area contributed by atoms with E-state index in [2.05, 4.69) is 5.92 Å². The summed E-state index contributed by atoms with van der Waals surface area (Å²) in [6, 6.07) is 0. The molecule has 0 fully saturated rings. The molecule has 0 heterocycles. The van der Waals surface area contributed by atoms with Gasteiger partial charge in [0.25, 0.3) is 0 Å². The summed E-state index contributed by atoms with van der Waals surface area (Å²) in [5.41, 5.74) is -0.678. The molecule has 0 aliphatic heterocycles. The smallest absolute Gasteiger partial charge is 0.225 e. The second-order valence-electron chi connectivity index (χ2n) is 3.36. The monoisotopic (exact) mass is 204 g/mol. The predicted molar refractivity (Wildman–Crippen MR) is 54.0 cm³/mol. The molecule has 0 N–H and O–H groups in total. The van der Waals surface area contributed by atoms with Gasteiger partial charge in [-0.25, -0.2) is 0 Å². The molecule has 0 aromatic rings. The summed E-state index contributed by atoms with van der Waals surface area (Å²) >= 11 is 0. The van der Waals surface area contributed by atoms with Gasteiger partial charge < -0.3 is 9.26 Å². The van der Waals surface area contributed by atoms with Crippen molar-refractivity contribution in [2.75, 3.05) is 19.6 Å². The van der Waals surface area contributed by atoms with E-state index in [9.17, 15) is 4.57 Å². The van der Waals surface area contributed by atoms with Crippen LogP contribution in [0.1, 0.15) is 20.8 Å². The number of hydrogen-bond acceptors (Lipinski definition) is 3. The van der Waals surface area contributed by atoms with Crippen molar-refractivity contribution < 1.29 is 13.8 Å². The molecule has 0 aliphatic carbocycles. The lowest BCUT2D eigenvalue weighted by Gasteiger charge is -2.21. The van der Waals surface area contributed by atoms with E-state index in [0.29, 0.717) is 6.61 Å². The van der Waals surface area contributed by atoms with Crippen LogP contribution < -0.4 is 0 Å². The maximum atomic E-state index is 11.6. The molecule has 13 heavy (non-hydrogen) atoms. The molecule has 0 aliphatic rings. The third-order valence-corrected chi connectivity index (χ3v) is 2.81. The van der Waals surface area contributed by atoms with Gasteiger partial charge in [-0.3, -0.25) is 4.57 Å². The van der Waals surface area contributed by atoms with Gasteiger partial charge in [0.05, 0.1) is 6.61 Å². The molecule has 76 valence electrons. The van der Waals surface area contributed by atoms with E-state index in [0.717, 1.165) is 0 Å². The van der Waals surface area contributed by atoms with Gasteiger partial charge in [0, 0.05) is 6.66 Å². The van der Waals surface area contributed by atoms with Crippen molar-refractivity contribution in [3.8, 4) is 12.3 Å². The quantitative estimate of drug-likeness (QED) is 0.509. The lowest BCUT2D eigenvalue weighted by molar-refractivity contribution is 0.0522.